The van der Waals surface area contributed by atoms with Crippen molar-refractivity contribution in [2.75, 3.05) is 13.2 Å². The second-order valence-electron chi connectivity index (χ2n) is 12.6. The van der Waals surface area contributed by atoms with Gasteiger partial charge < -0.3 is 19.3 Å². The predicted octanol–water partition coefficient (Wildman–Crippen LogP) is 10.8. The Kier molecular flexibility index (Phi) is 32.4. The first-order valence-electron chi connectivity index (χ1n) is 18.6. The number of ether oxygens (including phenoxy) is 2. The standard InChI is InChI=1S/C37H69O8P/c1-3-5-7-9-11-13-15-17-18-20-21-23-25-27-29-31-36(38)43-33-35(34-44-46(40,41)42)45-37(39)32-30-28-26-24-22-19-16-14-12-10-8-6-4-2/h17-18,21,23,35H,3-16,19-20,22,24-34H2,1-2H3,(H2,40,41,42)/b18-17+,23-21+/t35-/m1/s1. The minimum Gasteiger partial charge on any atom is -0.462 e. The summed E-state index contributed by atoms with van der Waals surface area (Å²) >= 11 is 0. The molecule has 0 heterocycles. The van der Waals surface area contributed by atoms with Crippen molar-refractivity contribution in [1.82, 2.24) is 0 Å². The Morgan fingerprint density at radius 3 is 1.48 bits per heavy atom. The van der Waals surface area contributed by atoms with E-state index >= 15 is 0 Å². The summed E-state index contributed by atoms with van der Waals surface area (Å²) in [4.78, 5) is 42.6. The second kappa shape index (κ2) is 33.4. The van der Waals surface area contributed by atoms with E-state index in [0.717, 1.165) is 44.9 Å². The summed E-state index contributed by atoms with van der Waals surface area (Å²) in [5, 5.41) is 0. The van der Waals surface area contributed by atoms with E-state index in [1.54, 1.807) is 0 Å². The molecule has 0 aromatic heterocycles. The maximum absolute atomic E-state index is 12.3. The molecular weight excluding hydrogens is 603 g/mol. The van der Waals surface area contributed by atoms with Crippen LogP contribution in [0.1, 0.15) is 181 Å². The van der Waals surface area contributed by atoms with E-state index in [-0.39, 0.29) is 19.4 Å². The van der Waals surface area contributed by atoms with Gasteiger partial charge in [-0.15, -0.1) is 0 Å². The third-order valence-corrected chi connectivity index (χ3v) is 8.46. The Balaban J connectivity index is 4.01. The highest BCUT2D eigenvalue weighted by Gasteiger charge is 2.22. The van der Waals surface area contributed by atoms with Crippen LogP contribution < -0.4 is 0 Å². The Bertz CT molecular complexity index is 807. The van der Waals surface area contributed by atoms with Crippen LogP contribution >= 0.6 is 7.82 Å². The molecule has 9 heteroatoms. The topological polar surface area (TPSA) is 119 Å². The van der Waals surface area contributed by atoms with Crippen LogP contribution in [0.15, 0.2) is 24.3 Å². The number of phosphoric ester groups is 1. The summed E-state index contributed by atoms with van der Waals surface area (Å²) in [6, 6.07) is 0. The lowest BCUT2D eigenvalue weighted by Gasteiger charge is -2.18. The molecule has 0 amide bonds. The van der Waals surface area contributed by atoms with Gasteiger partial charge in [-0.25, -0.2) is 4.57 Å². The maximum Gasteiger partial charge on any atom is 0.469 e. The molecule has 46 heavy (non-hydrogen) atoms. The van der Waals surface area contributed by atoms with Crippen molar-refractivity contribution in [3.8, 4) is 0 Å². The van der Waals surface area contributed by atoms with Crippen LogP contribution in [0, 0.1) is 0 Å². The summed E-state index contributed by atoms with van der Waals surface area (Å²) in [5.74, 6) is -0.919. The van der Waals surface area contributed by atoms with E-state index in [0.29, 0.717) is 12.8 Å². The minimum atomic E-state index is -4.75. The Morgan fingerprint density at radius 2 is 0.978 bits per heavy atom. The molecule has 0 saturated carbocycles. The smallest absolute Gasteiger partial charge is 0.462 e. The van der Waals surface area contributed by atoms with Crippen LogP contribution in [0.2, 0.25) is 0 Å². The molecule has 0 aromatic carbocycles. The van der Waals surface area contributed by atoms with E-state index in [4.69, 9.17) is 19.3 Å². The number of carbonyl (C=O) groups is 2. The molecule has 0 aromatic rings. The fourth-order valence-corrected chi connectivity index (χ4v) is 5.53. The molecule has 270 valence electrons. The number of phosphoric acid groups is 1. The van der Waals surface area contributed by atoms with Crippen LogP contribution in [0.25, 0.3) is 0 Å². The van der Waals surface area contributed by atoms with Crippen LogP contribution in [0.3, 0.4) is 0 Å². The molecule has 0 aliphatic rings. The SMILES string of the molecule is CCCCCCCC/C=C/C/C=C/CCCCC(=O)OC[C@H](COP(=O)(O)O)OC(=O)CCCCCCCCCCCCCCC. The van der Waals surface area contributed by atoms with E-state index in [2.05, 4.69) is 42.7 Å². The van der Waals surface area contributed by atoms with Gasteiger partial charge in [0, 0.05) is 12.8 Å². The fraction of sp³-hybridized carbons (Fsp3) is 0.838. The highest BCUT2D eigenvalue weighted by molar-refractivity contribution is 7.46. The lowest BCUT2D eigenvalue weighted by atomic mass is 10.0. The van der Waals surface area contributed by atoms with Gasteiger partial charge in [-0.05, 0) is 44.9 Å². The zero-order chi connectivity index (χ0) is 34.0. The first-order chi connectivity index (χ1) is 22.3. The van der Waals surface area contributed by atoms with Crippen molar-refractivity contribution < 1.29 is 37.9 Å². The lowest BCUT2D eigenvalue weighted by Crippen LogP contribution is -2.29. The van der Waals surface area contributed by atoms with Gasteiger partial charge in [0.15, 0.2) is 6.10 Å². The zero-order valence-corrected chi connectivity index (χ0v) is 30.4. The third-order valence-electron chi connectivity index (χ3n) is 7.97. The van der Waals surface area contributed by atoms with Gasteiger partial charge in [-0.2, -0.15) is 0 Å². The Labute approximate surface area is 281 Å². The summed E-state index contributed by atoms with van der Waals surface area (Å²) < 4.78 is 26.2. The van der Waals surface area contributed by atoms with Crippen LogP contribution in [-0.4, -0.2) is 41.0 Å². The van der Waals surface area contributed by atoms with Crippen molar-refractivity contribution in [1.29, 1.82) is 0 Å². The van der Waals surface area contributed by atoms with Crippen molar-refractivity contribution in [2.24, 2.45) is 0 Å². The van der Waals surface area contributed by atoms with Gasteiger partial charge in [0.1, 0.15) is 6.61 Å². The number of unbranched alkanes of at least 4 members (excludes halogenated alkanes) is 20. The number of hydrogen-bond donors (Lipinski definition) is 2. The molecule has 0 saturated heterocycles. The summed E-state index contributed by atoms with van der Waals surface area (Å²) in [5.41, 5.74) is 0. The van der Waals surface area contributed by atoms with Crippen LogP contribution in [0.4, 0.5) is 0 Å². The van der Waals surface area contributed by atoms with E-state index in [1.165, 1.54) is 96.3 Å². The number of hydrogen-bond acceptors (Lipinski definition) is 6. The first-order valence-corrected chi connectivity index (χ1v) is 20.2. The van der Waals surface area contributed by atoms with Crippen molar-refractivity contribution >= 4 is 19.8 Å². The molecule has 0 unspecified atom stereocenters. The number of allylic oxidation sites excluding steroid dienone is 4. The quantitative estimate of drug-likeness (QED) is 0.0300. The largest absolute Gasteiger partial charge is 0.469 e. The average molecular weight is 673 g/mol. The molecule has 8 nitrogen and oxygen atoms in total. The fourth-order valence-electron chi connectivity index (χ4n) is 5.17. The summed E-state index contributed by atoms with van der Waals surface area (Å²) in [6.07, 6.45) is 36.1. The van der Waals surface area contributed by atoms with Crippen LogP contribution in [-0.2, 0) is 28.2 Å². The van der Waals surface area contributed by atoms with Gasteiger partial charge in [-0.3, -0.25) is 14.1 Å². The number of rotatable bonds is 34. The van der Waals surface area contributed by atoms with Crippen LogP contribution in [0.5, 0.6) is 0 Å². The predicted molar refractivity (Wildman–Crippen MR) is 189 cm³/mol. The molecular formula is C37H69O8P. The zero-order valence-electron chi connectivity index (χ0n) is 29.5. The summed E-state index contributed by atoms with van der Waals surface area (Å²) in [7, 11) is -4.75. The lowest BCUT2D eigenvalue weighted by molar-refractivity contribution is -0.161. The van der Waals surface area contributed by atoms with Gasteiger partial charge >= 0.3 is 19.8 Å². The van der Waals surface area contributed by atoms with E-state index in [9.17, 15) is 14.2 Å². The molecule has 0 bridgehead atoms. The Morgan fingerprint density at radius 1 is 0.565 bits per heavy atom. The summed E-state index contributed by atoms with van der Waals surface area (Å²) in [6.45, 7) is 3.64. The maximum atomic E-state index is 12.3. The van der Waals surface area contributed by atoms with Crippen molar-refractivity contribution in [3.05, 3.63) is 24.3 Å². The van der Waals surface area contributed by atoms with Gasteiger partial charge in [0.05, 0.1) is 6.61 Å². The second-order valence-corrected chi connectivity index (χ2v) is 13.8. The normalized spacial score (nSPS) is 12.7. The highest BCUT2D eigenvalue weighted by Crippen LogP contribution is 2.36. The Hall–Kier alpha value is -1.47. The molecule has 0 aliphatic heterocycles. The van der Waals surface area contributed by atoms with Gasteiger partial charge in [0.25, 0.3) is 0 Å². The molecule has 0 aliphatic carbocycles. The molecule has 0 fully saturated rings. The molecule has 0 radical (unpaired) electrons. The van der Waals surface area contributed by atoms with Crippen molar-refractivity contribution in [3.63, 3.8) is 0 Å². The van der Waals surface area contributed by atoms with Crippen molar-refractivity contribution in [2.45, 2.75) is 187 Å². The van der Waals surface area contributed by atoms with E-state index in [1.807, 2.05) is 0 Å². The molecule has 0 spiro atoms. The van der Waals surface area contributed by atoms with Gasteiger partial charge in [0.2, 0.25) is 0 Å². The molecule has 1 atom stereocenters. The average Bonchev–Trinajstić information content (AvgIpc) is 3.02. The minimum absolute atomic E-state index is 0.209. The van der Waals surface area contributed by atoms with E-state index < -0.39 is 32.5 Å². The third kappa shape index (κ3) is 35.4. The van der Waals surface area contributed by atoms with Gasteiger partial charge in [-0.1, -0.05) is 147 Å². The monoisotopic (exact) mass is 672 g/mol. The molecule has 2 N–H and O–H groups in total. The highest BCUT2D eigenvalue weighted by atomic mass is 31.2. The number of esters is 2. The molecule has 0 rings (SSSR count). The number of carbonyl (C=O) groups excluding carboxylic acids is 2. The first kappa shape index (κ1) is 44.5.